The number of aromatic nitrogens is 2. The number of hydrogen-bond donors (Lipinski definition) is 2. The molecule has 0 saturated heterocycles. The minimum atomic E-state index is -0.437. The van der Waals surface area contributed by atoms with Crippen molar-refractivity contribution in [3.05, 3.63) is 27.9 Å². The Morgan fingerprint density at radius 1 is 1.33 bits per heavy atom. The van der Waals surface area contributed by atoms with Gasteiger partial charge in [0, 0.05) is 19.2 Å². The van der Waals surface area contributed by atoms with Crippen LogP contribution in [0.2, 0.25) is 0 Å². The van der Waals surface area contributed by atoms with Crippen LogP contribution in [0.4, 0.5) is 0 Å². The molecule has 0 radical (unpaired) electrons. The summed E-state index contributed by atoms with van der Waals surface area (Å²) in [7, 11) is 1.85. The molecule has 1 saturated carbocycles. The summed E-state index contributed by atoms with van der Waals surface area (Å²) in [5.41, 5.74) is 0.561. The summed E-state index contributed by atoms with van der Waals surface area (Å²) in [6, 6.07) is 1.55. The van der Waals surface area contributed by atoms with Gasteiger partial charge in [-0.15, -0.1) is 0 Å². The number of nitrogens with zero attached hydrogens (tertiary/aromatic N) is 1. The number of ether oxygens (including phenoxy) is 1. The van der Waals surface area contributed by atoms with Crippen LogP contribution in [0, 0.1) is 5.41 Å². The highest BCUT2D eigenvalue weighted by molar-refractivity contribution is 5.11. The second-order valence-electron chi connectivity index (χ2n) is 6.71. The van der Waals surface area contributed by atoms with E-state index in [1.165, 1.54) is 0 Å². The first-order chi connectivity index (χ1) is 9.91. The van der Waals surface area contributed by atoms with Gasteiger partial charge in [0.1, 0.15) is 11.4 Å². The zero-order valence-electron chi connectivity index (χ0n) is 13.6. The first-order valence-electron chi connectivity index (χ1n) is 7.80. The number of hydrogen-bond acceptors (Lipinski definition) is 4. The number of rotatable bonds is 5. The Bertz CT molecular complexity index is 527. The molecule has 1 fully saturated rings. The minimum Gasteiger partial charge on any atom is -0.367 e. The van der Waals surface area contributed by atoms with Crippen LogP contribution in [0.3, 0.4) is 0 Å². The molecule has 0 spiro atoms. The molecule has 118 valence electrons. The van der Waals surface area contributed by atoms with Gasteiger partial charge in [0.05, 0.1) is 5.69 Å². The van der Waals surface area contributed by atoms with Crippen molar-refractivity contribution >= 4 is 0 Å². The Labute approximate surface area is 126 Å². The number of H-pyrrole nitrogens is 1. The van der Waals surface area contributed by atoms with Gasteiger partial charge in [-0.05, 0) is 45.1 Å². The van der Waals surface area contributed by atoms with E-state index in [1.54, 1.807) is 6.07 Å². The van der Waals surface area contributed by atoms with Gasteiger partial charge in [-0.3, -0.25) is 4.79 Å². The lowest BCUT2D eigenvalue weighted by Crippen LogP contribution is -2.40. The van der Waals surface area contributed by atoms with Crippen molar-refractivity contribution in [2.75, 3.05) is 13.7 Å². The van der Waals surface area contributed by atoms with E-state index in [-0.39, 0.29) is 5.56 Å². The molecule has 0 bridgehead atoms. The standard InChI is InChI=1S/C16H27N3O2/c1-5-21-16(8-6-15(2,3)7-9-16)14-18-12(11-17-4)10-13(20)19-14/h10,17H,5-9,11H2,1-4H3,(H,18,19,20). The lowest BCUT2D eigenvalue weighted by atomic mass is 9.70. The van der Waals surface area contributed by atoms with E-state index < -0.39 is 5.60 Å². The van der Waals surface area contributed by atoms with Crippen LogP contribution in [0.5, 0.6) is 0 Å². The summed E-state index contributed by atoms with van der Waals surface area (Å²) < 4.78 is 6.08. The van der Waals surface area contributed by atoms with Crippen molar-refractivity contribution in [3.8, 4) is 0 Å². The average molecular weight is 293 g/mol. The molecule has 0 amide bonds. The zero-order chi connectivity index (χ0) is 15.5. The van der Waals surface area contributed by atoms with Gasteiger partial charge >= 0.3 is 0 Å². The molecule has 5 nitrogen and oxygen atoms in total. The molecule has 0 atom stereocenters. The molecule has 0 unspecified atom stereocenters. The maximum Gasteiger partial charge on any atom is 0.251 e. The fourth-order valence-corrected chi connectivity index (χ4v) is 3.05. The largest absolute Gasteiger partial charge is 0.367 e. The molecular formula is C16H27N3O2. The van der Waals surface area contributed by atoms with E-state index in [9.17, 15) is 4.79 Å². The molecule has 1 aliphatic rings. The molecule has 0 aliphatic heterocycles. The minimum absolute atomic E-state index is 0.103. The van der Waals surface area contributed by atoms with Crippen LogP contribution < -0.4 is 10.9 Å². The lowest BCUT2D eigenvalue weighted by Gasteiger charge is -2.42. The maximum atomic E-state index is 11.9. The van der Waals surface area contributed by atoms with E-state index in [2.05, 4.69) is 29.1 Å². The third-order valence-electron chi connectivity index (χ3n) is 4.42. The molecular weight excluding hydrogens is 266 g/mol. The van der Waals surface area contributed by atoms with Crippen molar-refractivity contribution in [1.29, 1.82) is 0 Å². The van der Waals surface area contributed by atoms with Gasteiger partial charge in [0.15, 0.2) is 0 Å². The second kappa shape index (κ2) is 6.28. The smallest absolute Gasteiger partial charge is 0.251 e. The van der Waals surface area contributed by atoms with Crippen LogP contribution in [0.1, 0.15) is 58.0 Å². The third kappa shape index (κ3) is 3.71. The fourth-order valence-electron chi connectivity index (χ4n) is 3.05. The molecule has 1 aromatic rings. The Kier molecular flexibility index (Phi) is 4.84. The predicted octanol–water partition coefficient (Wildman–Crippen LogP) is 2.32. The average Bonchev–Trinajstić information content (AvgIpc) is 2.41. The van der Waals surface area contributed by atoms with E-state index in [0.29, 0.717) is 24.4 Å². The molecule has 2 rings (SSSR count). The van der Waals surface area contributed by atoms with Gasteiger partial charge in [0.2, 0.25) is 0 Å². The highest BCUT2D eigenvalue weighted by Crippen LogP contribution is 2.46. The van der Waals surface area contributed by atoms with Crippen molar-refractivity contribution in [3.63, 3.8) is 0 Å². The van der Waals surface area contributed by atoms with Gasteiger partial charge in [-0.25, -0.2) is 4.98 Å². The van der Waals surface area contributed by atoms with Crippen LogP contribution in [0.25, 0.3) is 0 Å². The summed E-state index contributed by atoms with van der Waals surface area (Å²) in [5, 5.41) is 3.04. The van der Waals surface area contributed by atoms with Crippen LogP contribution in [0.15, 0.2) is 10.9 Å². The molecule has 1 heterocycles. The first kappa shape index (κ1) is 16.2. The van der Waals surface area contributed by atoms with Gasteiger partial charge in [0.25, 0.3) is 5.56 Å². The van der Waals surface area contributed by atoms with Gasteiger partial charge < -0.3 is 15.0 Å². The van der Waals surface area contributed by atoms with Gasteiger partial charge in [-0.1, -0.05) is 13.8 Å². The first-order valence-corrected chi connectivity index (χ1v) is 7.80. The van der Waals surface area contributed by atoms with Gasteiger partial charge in [-0.2, -0.15) is 0 Å². The number of nitrogens with one attached hydrogen (secondary N) is 2. The highest BCUT2D eigenvalue weighted by atomic mass is 16.5. The normalized spacial score (nSPS) is 20.4. The summed E-state index contributed by atoms with van der Waals surface area (Å²) in [6.07, 6.45) is 3.96. The third-order valence-corrected chi connectivity index (χ3v) is 4.42. The molecule has 1 aliphatic carbocycles. The molecule has 2 N–H and O–H groups in total. The van der Waals surface area contributed by atoms with Crippen LogP contribution in [-0.4, -0.2) is 23.6 Å². The van der Waals surface area contributed by atoms with E-state index >= 15 is 0 Å². The van der Waals surface area contributed by atoms with Crippen molar-refractivity contribution < 1.29 is 4.74 Å². The molecule has 21 heavy (non-hydrogen) atoms. The topological polar surface area (TPSA) is 67.0 Å². The fraction of sp³-hybridized carbons (Fsp3) is 0.750. The lowest BCUT2D eigenvalue weighted by molar-refractivity contribution is -0.0950. The Hall–Kier alpha value is -1.20. The molecule has 1 aromatic heterocycles. The maximum absolute atomic E-state index is 11.9. The Balaban J connectivity index is 2.36. The Morgan fingerprint density at radius 2 is 2.00 bits per heavy atom. The second-order valence-corrected chi connectivity index (χ2v) is 6.71. The molecule has 5 heteroatoms. The summed E-state index contributed by atoms with van der Waals surface area (Å²) in [6.45, 7) is 7.79. The van der Waals surface area contributed by atoms with Crippen molar-refractivity contribution in [2.45, 2.75) is 58.6 Å². The Morgan fingerprint density at radius 3 is 2.57 bits per heavy atom. The monoisotopic (exact) mass is 293 g/mol. The van der Waals surface area contributed by atoms with E-state index in [0.717, 1.165) is 31.4 Å². The van der Waals surface area contributed by atoms with Crippen molar-refractivity contribution in [2.24, 2.45) is 5.41 Å². The summed E-state index contributed by atoms with van der Waals surface area (Å²) in [5.74, 6) is 0.692. The number of aromatic amines is 1. The van der Waals surface area contributed by atoms with Crippen LogP contribution >= 0.6 is 0 Å². The SMILES string of the molecule is CCOC1(c2nc(CNC)cc(=O)[nH]2)CCC(C)(C)CC1. The van der Waals surface area contributed by atoms with Crippen molar-refractivity contribution in [1.82, 2.24) is 15.3 Å². The summed E-state index contributed by atoms with van der Waals surface area (Å²) in [4.78, 5) is 19.5. The zero-order valence-corrected chi connectivity index (χ0v) is 13.6. The van der Waals surface area contributed by atoms with E-state index in [1.807, 2.05) is 14.0 Å². The van der Waals surface area contributed by atoms with Crippen LogP contribution in [-0.2, 0) is 16.9 Å². The predicted molar refractivity (Wildman–Crippen MR) is 83.2 cm³/mol. The molecule has 0 aromatic carbocycles. The van der Waals surface area contributed by atoms with E-state index in [4.69, 9.17) is 4.74 Å². The summed E-state index contributed by atoms with van der Waals surface area (Å²) >= 11 is 0. The highest BCUT2D eigenvalue weighted by Gasteiger charge is 2.42. The quantitative estimate of drug-likeness (QED) is 0.874.